The summed E-state index contributed by atoms with van der Waals surface area (Å²) >= 11 is 0. The third-order valence-electron chi connectivity index (χ3n) is 4.82. The van der Waals surface area contributed by atoms with Crippen molar-refractivity contribution in [1.29, 1.82) is 0 Å². The van der Waals surface area contributed by atoms with Gasteiger partial charge in [0.2, 0.25) is 0 Å². The molecule has 0 saturated carbocycles. The normalized spacial score (nSPS) is 10.6. The first-order chi connectivity index (χ1) is 14.4. The fourth-order valence-corrected chi connectivity index (χ4v) is 3.53. The van der Waals surface area contributed by atoms with E-state index < -0.39 is 17.9 Å². The Balaban J connectivity index is 2.37. The van der Waals surface area contributed by atoms with Gasteiger partial charge in [0.1, 0.15) is 5.69 Å². The molecule has 0 amide bonds. The van der Waals surface area contributed by atoms with Gasteiger partial charge in [0.05, 0.1) is 17.7 Å². The van der Waals surface area contributed by atoms with E-state index in [4.69, 9.17) is 4.74 Å². The highest BCUT2D eigenvalue weighted by Gasteiger charge is 2.32. The van der Waals surface area contributed by atoms with Crippen LogP contribution in [0.2, 0.25) is 0 Å². The van der Waals surface area contributed by atoms with Crippen LogP contribution in [0.15, 0.2) is 54.6 Å². The SMILES string of the molecule is CCOC(=O)c1c(-c2ccccc2C(=O)O)c(C(=O)O)n(Cc2ccccc2)c1C. The molecule has 0 aliphatic rings. The van der Waals surface area contributed by atoms with E-state index in [1.165, 1.54) is 16.7 Å². The third-order valence-corrected chi connectivity index (χ3v) is 4.82. The number of hydrogen-bond donors (Lipinski definition) is 2. The maximum absolute atomic E-state index is 12.8. The Kier molecular flexibility index (Phi) is 6.01. The summed E-state index contributed by atoms with van der Waals surface area (Å²) in [6, 6.07) is 15.2. The van der Waals surface area contributed by atoms with E-state index in [2.05, 4.69) is 0 Å². The zero-order valence-corrected chi connectivity index (χ0v) is 16.6. The van der Waals surface area contributed by atoms with E-state index >= 15 is 0 Å². The fraction of sp³-hybridized carbons (Fsp3) is 0.174. The van der Waals surface area contributed by atoms with Crippen molar-refractivity contribution in [3.8, 4) is 11.1 Å². The van der Waals surface area contributed by atoms with Crippen LogP contribution in [0, 0.1) is 6.92 Å². The first kappa shape index (κ1) is 20.9. The van der Waals surface area contributed by atoms with Gasteiger partial charge in [0.25, 0.3) is 0 Å². The first-order valence-electron chi connectivity index (χ1n) is 9.36. The number of aromatic nitrogens is 1. The quantitative estimate of drug-likeness (QED) is 0.572. The largest absolute Gasteiger partial charge is 0.478 e. The number of hydrogen-bond acceptors (Lipinski definition) is 4. The van der Waals surface area contributed by atoms with Crippen LogP contribution in [0.3, 0.4) is 0 Å². The number of carbonyl (C=O) groups is 3. The van der Waals surface area contributed by atoms with Gasteiger partial charge in [-0.25, -0.2) is 14.4 Å². The van der Waals surface area contributed by atoms with E-state index in [1.54, 1.807) is 26.0 Å². The molecule has 0 unspecified atom stereocenters. The molecule has 0 fully saturated rings. The second-order valence-corrected chi connectivity index (χ2v) is 6.63. The van der Waals surface area contributed by atoms with Crippen LogP contribution in [-0.2, 0) is 11.3 Å². The Morgan fingerprint density at radius 3 is 2.17 bits per heavy atom. The Hall–Kier alpha value is -3.87. The minimum Gasteiger partial charge on any atom is -0.478 e. The lowest BCUT2D eigenvalue weighted by atomic mass is 9.95. The zero-order chi connectivity index (χ0) is 21.8. The average molecular weight is 407 g/mol. The second-order valence-electron chi connectivity index (χ2n) is 6.63. The highest BCUT2D eigenvalue weighted by Crippen LogP contribution is 2.36. The van der Waals surface area contributed by atoms with E-state index in [0.717, 1.165) is 5.56 Å². The highest BCUT2D eigenvalue weighted by molar-refractivity contribution is 6.09. The number of benzene rings is 2. The number of carbonyl (C=O) groups excluding carboxylic acids is 1. The molecule has 0 aliphatic carbocycles. The summed E-state index contributed by atoms with van der Waals surface area (Å²) in [4.78, 5) is 36.9. The topological polar surface area (TPSA) is 106 Å². The van der Waals surface area contributed by atoms with Crippen molar-refractivity contribution >= 4 is 17.9 Å². The number of carboxylic acids is 2. The number of rotatable bonds is 7. The lowest BCUT2D eigenvalue weighted by Crippen LogP contribution is -2.12. The molecule has 0 atom stereocenters. The van der Waals surface area contributed by atoms with Crippen molar-refractivity contribution in [3.63, 3.8) is 0 Å². The summed E-state index contributed by atoms with van der Waals surface area (Å²) in [6.07, 6.45) is 0. The van der Waals surface area contributed by atoms with Crippen LogP contribution >= 0.6 is 0 Å². The summed E-state index contributed by atoms with van der Waals surface area (Å²) in [6.45, 7) is 3.59. The third kappa shape index (κ3) is 3.82. The molecule has 1 heterocycles. The van der Waals surface area contributed by atoms with Crippen molar-refractivity contribution in [2.75, 3.05) is 6.61 Å². The molecule has 1 aromatic heterocycles. The fourth-order valence-electron chi connectivity index (χ4n) is 3.53. The average Bonchev–Trinajstić information content (AvgIpc) is 3.01. The van der Waals surface area contributed by atoms with Gasteiger partial charge in [-0.1, -0.05) is 48.5 Å². The number of carboxylic acid groups (broad SMARTS) is 2. The van der Waals surface area contributed by atoms with Gasteiger partial charge >= 0.3 is 17.9 Å². The van der Waals surface area contributed by atoms with Gasteiger partial charge in [0, 0.05) is 17.8 Å². The lowest BCUT2D eigenvalue weighted by molar-refractivity contribution is 0.0525. The van der Waals surface area contributed by atoms with Crippen LogP contribution in [-0.4, -0.2) is 39.3 Å². The summed E-state index contributed by atoms with van der Waals surface area (Å²) in [7, 11) is 0. The van der Waals surface area contributed by atoms with Crippen molar-refractivity contribution < 1.29 is 29.3 Å². The van der Waals surface area contributed by atoms with Gasteiger partial charge in [-0.05, 0) is 31.0 Å². The number of aromatic carboxylic acids is 2. The Bertz CT molecular complexity index is 1110. The van der Waals surface area contributed by atoms with Crippen LogP contribution < -0.4 is 0 Å². The van der Waals surface area contributed by atoms with Crippen molar-refractivity contribution in [2.24, 2.45) is 0 Å². The number of ether oxygens (including phenoxy) is 1. The standard InChI is InChI=1S/C23H21NO6/c1-3-30-23(29)18-14(2)24(13-15-9-5-4-6-10-15)20(22(27)28)19(18)16-11-7-8-12-17(16)21(25)26/h4-12H,3,13H2,1-2H3,(H,25,26)(H,27,28). The monoisotopic (exact) mass is 407 g/mol. The molecule has 0 bridgehead atoms. The molecule has 154 valence electrons. The van der Waals surface area contributed by atoms with Crippen molar-refractivity contribution in [2.45, 2.75) is 20.4 Å². The highest BCUT2D eigenvalue weighted by atomic mass is 16.5. The Morgan fingerprint density at radius 2 is 1.57 bits per heavy atom. The number of esters is 1. The van der Waals surface area contributed by atoms with E-state index in [9.17, 15) is 24.6 Å². The molecule has 2 N–H and O–H groups in total. The minimum atomic E-state index is -1.26. The second kappa shape index (κ2) is 8.65. The van der Waals surface area contributed by atoms with Crippen molar-refractivity contribution in [1.82, 2.24) is 4.57 Å². The summed E-state index contributed by atoms with van der Waals surface area (Å²) < 4.78 is 6.69. The van der Waals surface area contributed by atoms with E-state index in [-0.39, 0.29) is 41.1 Å². The molecule has 3 aromatic rings. The van der Waals surface area contributed by atoms with Gasteiger partial charge < -0.3 is 19.5 Å². The van der Waals surface area contributed by atoms with Crippen LogP contribution in [0.4, 0.5) is 0 Å². The molecular weight excluding hydrogens is 386 g/mol. The summed E-state index contributed by atoms with van der Waals surface area (Å²) in [5.41, 5.74) is 1.23. The molecule has 3 rings (SSSR count). The zero-order valence-electron chi connectivity index (χ0n) is 16.6. The predicted molar refractivity (Wildman–Crippen MR) is 110 cm³/mol. The predicted octanol–water partition coefficient (Wildman–Crippen LogP) is 4.08. The molecule has 0 aliphatic heterocycles. The van der Waals surface area contributed by atoms with E-state index in [1.807, 2.05) is 30.3 Å². The molecular formula is C23H21NO6. The molecule has 30 heavy (non-hydrogen) atoms. The maximum atomic E-state index is 12.8. The lowest BCUT2D eigenvalue weighted by Gasteiger charge is -2.11. The van der Waals surface area contributed by atoms with Gasteiger partial charge in [0.15, 0.2) is 0 Å². The molecule has 0 spiro atoms. The molecule has 2 aromatic carbocycles. The summed E-state index contributed by atoms with van der Waals surface area (Å²) in [5, 5.41) is 19.7. The molecule has 7 heteroatoms. The minimum absolute atomic E-state index is 0.0485. The summed E-state index contributed by atoms with van der Waals surface area (Å²) in [5.74, 6) is -3.18. The number of nitrogens with zero attached hydrogens (tertiary/aromatic N) is 1. The maximum Gasteiger partial charge on any atom is 0.353 e. The Morgan fingerprint density at radius 1 is 0.933 bits per heavy atom. The van der Waals surface area contributed by atoms with Crippen molar-refractivity contribution in [3.05, 3.63) is 82.7 Å². The van der Waals surface area contributed by atoms with Gasteiger partial charge in [-0.15, -0.1) is 0 Å². The van der Waals surface area contributed by atoms with Crippen LogP contribution in [0.25, 0.3) is 11.1 Å². The van der Waals surface area contributed by atoms with Crippen LogP contribution in [0.5, 0.6) is 0 Å². The van der Waals surface area contributed by atoms with Crippen LogP contribution in [0.1, 0.15) is 49.4 Å². The molecule has 7 nitrogen and oxygen atoms in total. The van der Waals surface area contributed by atoms with E-state index in [0.29, 0.717) is 5.69 Å². The van der Waals surface area contributed by atoms with Gasteiger partial charge in [-0.2, -0.15) is 0 Å². The molecule has 0 saturated heterocycles. The smallest absolute Gasteiger partial charge is 0.353 e. The Labute approximate surface area is 173 Å². The molecule has 0 radical (unpaired) electrons. The van der Waals surface area contributed by atoms with Gasteiger partial charge in [-0.3, -0.25) is 0 Å². The first-order valence-corrected chi connectivity index (χ1v) is 9.36.